The summed E-state index contributed by atoms with van der Waals surface area (Å²) in [7, 11) is 1.50. The Morgan fingerprint density at radius 2 is 1.77 bits per heavy atom. The molecule has 1 aromatic heterocycles. The fraction of sp³-hybridized carbons (Fsp3) is 0.364. The van der Waals surface area contributed by atoms with Crippen LogP contribution in [0.4, 0.5) is 4.79 Å². The number of alkyl carbamates (subject to hydrolysis) is 1. The van der Waals surface area contributed by atoms with Crippen molar-refractivity contribution in [3.63, 3.8) is 0 Å². The molecular formula is C33H35BrN4O6. The molecule has 0 aliphatic heterocycles. The summed E-state index contributed by atoms with van der Waals surface area (Å²) in [5.41, 5.74) is 0.604. The molecule has 1 amide bonds. The van der Waals surface area contributed by atoms with Crippen molar-refractivity contribution in [2.24, 2.45) is 0 Å². The van der Waals surface area contributed by atoms with Gasteiger partial charge in [-0.1, -0.05) is 15.9 Å². The molecule has 44 heavy (non-hydrogen) atoms. The molecule has 0 unspecified atom stereocenters. The highest BCUT2D eigenvalue weighted by Gasteiger charge is 2.30. The molecule has 0 fully saturated rings. The number of nitrogens with one attached hydrogen (secondary N) is 1. The lowest BCUT2D eigenvalue weighted by atomic mass is 10.1. The van der Waals surface area contributed by atoms with Crippen LogP contribution in [-0.4, -0.2) is 46.9 Å². The molecule has 0 saturated carbocycles. The topological polar surface area (TPSA) is 124 Å². The molecular weight excluding hydrogens is 628 g/mol. The Hall–Kier alpha value is -4.61. The first-order valence-electron chi connectivity index (χ1n) is 13.8. The molecule has 1 atom stereocenters. The minimum atomic E-state index is -1.14. The van der Waals surface area contributed by atoms with Gasteiger partial charge in [0.1, 0.15) is 23.0 Å². The van der Waals surface area contributed by atoms with E-state index in [9.17, 15) is 19.6 Å². The van der Waals surface area contributed by atoms with Crippen LogP contribution >= 0.6 is 15.9 Å². The van der Waals surface area contributed by atoms with E-state index in [0.29, 0.717) is 33.3 Å². The molecule has 0 aliphatic carbocycles. The largest absolute Gasteiger partial charge is 0.496 e. The van der Waals surface area contributed by atoms with Crippen LogP contribution in [-0.2, 0) is 14.3 Å². The Kier molecular flexibility index (Phi) is 10.6. The second-order valence-electron chi connectivity index (χ2n) is 11.9. The predicted molar refractivity (Wildman–Crippen MR) is 171 cm³/mol. The van der Waals surface area contributed by atoms with Gasteiger partial charge in [-0.2, -0.15) is 5.26 Å². The van der Waals surface area contributed by atoms with Gasteiger partial charge in [0.15, 0.2) is 5.70 Å². The number of nitriles is 1. The van der Waals surface area contributed by atoms with Gasteiger partial charge in [0, 0.05) is 28.2 Å². The number of methoxy groups -OCH3 is 1. The number of esters is 1. The third-order valence-electron chi connectivity index (χ3n) is 6.11. The van der Waals surface area contributed by atoms with Crippen molar-refractivity contribution >= 4 is 56.6 Å². The van der Waals surface area contributed by atoms with E-state index in [0.717, 1.165) is 4.47 Å². The summed E-state index contributed by atoms with van der Waals surface area (Å²) in [5.74, 6) is -0.571. The third-order valence-corrected chi connectivity index (χ3v) is 6.61. The molecule has 1 N–H and O–H groups in total. The zero-order valence-electron chi connectivity index (χ0n) is 25.8. The number of nitrogens with zero attached hydrogens (tertiary/aromatic N) is 3. The average Bonchev–Trinajstić information content (AvgIpc) is 3.30. The van der Waals surface area contributed by atoms with Crippen molar-refractivity contribution in [2.45, 2.75) is 71.6 Å². The van der Waals surface area contributed by atoms with Crippen molar-refractivity contribution < 1.29 is 28.6 Å². The second kappa shape index (κ2) is 13.8. The molecule has 0 radical (unpaired) electrons. The molecule has 230 valence electrons. The van der Waals surface area contributed by atoms with Crippen molar-refractivity contribution in [3.05, 3.63) is 75.2 Å². The van der Waals surface area contributed by atoms with Gasteiger partial charge in [0.05, 0.1) is 30.8 Å². The zero-order chi connectivity index (χ0) is 32.8. The highest BCUT2D eigenvalue weighted by Crippen LogP contribution is 2.34. The third kappa shape index (κ3) is 8.95. The fourth-order valence-corrected chi connectivity index (χ4v) is 4.67. The summed E-state index contributed by atoms with van der Waals surface area (Å²) >= 11 is 3.47. The Labute approximate surface area is 265 Å². The van der Waals surface area contributed by atoms with E-state index in [1.807, 2.05) is 6.07 Å². The van der Waals surface area contributed by atoms with Gasteiger partial charge in [-0.3, -0.25) is 9.36 Å². The Balaban J connectivity index is 2.00. The van der Waals surface area contributed by atoms with Crippen molar-refractivity contribution in [1.29, 1.82) is 5.26 Å². The zero-order valence-corrected chi connectivity index (χ0v) is 27.4. The maximum Gasteiger partial charge on any atom is 0.408 e. The molecule has 3 aromatic rings. The Morgan fingerprint density at radius 1 is 1.09 bits per heavy atom. The quantitative estimate of drug-likeness (QED) is 0.197. The lowest BCUT2D eigenvalue weighted by Gasteiger charge is -2.26. The number of hydrogen-bond acceptors (Lipinski definition) is 7. The molecule has 0 bridgehead atoms. The van der Waals surface area contributed by atoms with Crippen LogP contribution in [0, 0.1) is 17.9 Å². The number of amides is 1. The first kappa shape index (κ1) is 33.9. The Bertz CT molecular complexity index is 1700. The summed E-state index contributed by atoms with van der Waals surface area (Å²) in [6, 6.07) is 11.2. The van der Waals surface area contributed by atoms with Crippen LogP contribution in [0.5, 0.6) is 5.75 Å². The number of ether oxygens (including phenoxy) is 3. The summed E-state index contributed by atoms with van der Waals surface area (Å²) < 4.78 is 18.4. The van der Waals surface area contributed by atoms with Crippen LogP contribution in [0.25, 0.3) is 27.5 Å². The van der Waals surface area contributed by atoms with Crippen LogP contribution in [0.15, 0.2) is 47.1 Å². The monoisotopic (exact) mass is 662 g/mol. The summed E-state index contributed by atoms with van der Waals surface area (Å²) in [6.07, 6.45) is 2.20. The first-order valence-corrected chi connectivity index (χ1v) is 14.6. The molecule has 3 rings (SSSR count). The summed E-state index contributed by atoms with van der Waals surface area (Å²) in [5, 5.41) is 12.6. The lowest BCUT2D eigenvalue weighted by Crippen LogP contribution is -2.46. The van der Waals surface area contributed by atoms with Crippen LogP contribution in [0.3, 0.4) is 0 Å². The average molecular weight is 664 g/mol. The van der Waals surface area contributed by atoms with Gasteiger partial charge >= 0.3 is 12.1 Å². The highest BCUT2D eigenvalue weighted by molar-refractivity contribution is 9.10. The Morgan fingerprint density at radius 3 is 2.36 bits per heavy atom. The van der Waals surface area contributed by atoms with Crippen LogP contribution < -0.4 is 10.1 Å². The lowest BCUT2D eigenvalue weighted by molar-refractivity contribution is -0.157. The van der Waals surface area contributed by atoms with Gasteiger partial charge in [-0.25, -0.2) is 14.4 Å². The van der Waals surface area contributed by atoms with Crippen molar-refractivity contribution in [2.75, 3.05) is 7.11 Å². The molecule has 1 heterocycles. The molecule has 10 nitrogen and oxygen atoms in total. The number of carbonyl (C=O) groups excluding carboxylic acids is 3. The van der Waals surface area contributed by atoms with Gasteiger partial charge in [-0.05, 0) is 95.8 Å². The maximum absolute atomic E-state index is 13.6. The van der Waals surface area contributed by atoms with Gasteiger partial charge in [0.2, 0.25) is 5.91 Å². The highest BCUT2D eigenvalue weighted by atomic mass is 79.9. The molecule has 0 aliphatic rings. The number of fused-ring (bicyclic) bond motifs is 1. The van der Waals surface area contributed by atoms with Gasteiger partial charge in [-0.15, -0.1) is 0 Å². The molecule has 0 saturated heterocycles. The number of hydrogen-bond donors (Lipinski definition) is 1. The SMILES string of the molecule is [C-]#[N+]/C(=C\c1cc(C#N)ccc1OC)c1cn(C(=O)CC[C@H](NC(=O)OC(C)(C)C)C(=O)OC(C)(C)C)c2ccc(Br)cc12. The van der Waals surface area contributed by atoms with E-state index in [1.54, 1.807) is 84.1 Å². The number of halogens is 1. The predicted octanol–water partition coefficient (Wildman–Crippen LogP) is 7.36. The van der Waals surface area contributed by atoms with Crippen LogP contribution in [0.2, 0.25) is 0 Å². The standard InChI is InChI=1S/C33H35BrN4O6/c1-32(2,3)43-30(40)25(37-31(41)44-33(4,5)6)11-14-29(39)38-19-24(23-17-22(34)10-12-27(23)38)26(36-7)16-21-15-20(18-35)9-13-28(21)42-8/h9-10,12-13,15-17,19,25H,11,14H2,1-6,8H3,(H,37,41)/b26-16-/t25-/m0/s1. The first-order chi connectivity index (χ1) is 20.5. The van der Waals surface area contributed by atoms with Gasteiger partial charge < -0.3 is 19.5 Å². The van der Waals surface area contributed by atoms with E-state index in [2.05, 4.69) is 32.2 Å². The minimum Gasteiger partial charge on any atom is -0.496 e. The number of carbonyl (C=O) groups is 3. The van der Waals surface area contributed by atoms with E-state index in [1.165, 1.54) is 11.7 Å². The fourth-order valence-electron chi connectivity index (χ4n) is 4.31. The van der Waals surface area contributed by atoms with E-state index >= 15 is 0 Å². The molecule has 0 spiro atoms. The summed E-state index contributed by atoms with van der Waals surface area (Å²) in [4.78, 5) is 42.9. The number of aromatic nitrogens is 1. The minimum absolute atomic E-state index is 0.0534. The maximum atomic E-state index is 13.6. The van der Waals surface area contributed by atoms with Crippen molar-refractivity contribution in [3.8, 4) is 11.8 Å². The van der Waals surface area contributed by atoms with E-state index < -0.39 is 29.3 Å². The van der Waals surface area contributed by atoms with Crippen molar-refractivity contribution in [1.82, 2.24) is 9.88 Å². The van der Waals surface area contributed by atoms with Crippen LogP contribution in [0.1, 0.15) is 75.9 Å². The number of rotatable bonds is 8. The van der Waals surface area contributed by atoms with E-state index in [4.69, 9.17) is 20.8 Å². The second-order valence-corrected chi connectivity index (χ2v) is 12.9. The number of benzene rings is 2. The van der Waals surface area contributed by atoms with Gasteiger partial charge in [0.25, 0.3) is 0 Å². The van der Waals surface area contributed by atoms with E-state index in [-0.39, 0.29) is 24.4 Å². The normalized spacial score (nSPS) is 12.5. The summed E-state index contributed by atoms with van der Waals surface area (Å²) in [6.45, 7) is 18.2. The molecule has 11 heteroatoms. The smallest absolute Gasteiger partial charge is 0.408 e. The molecule has 2 aromatic carbocycles.